The minimum Gasteiger partial charge on any atom is -0.328 e. The van der Waals surface area contributed by atoms with Crippen LogP contribution in [0.3, 0.4) is 0 Å². The minimum absolute atomic E-state index is 0.106. The number of aryl methyl sites for hydroxylation is 2. The first-order chi connectivity index (χ1) is 11.3. The molecule has 1 aliphatic heterocycles. The van der Waals surface area contributed by atoms with Crippen molar-refractivity contribution in [2.45, 2.75) is 51.5 Å². The van der Waals surface area contributed by atoms with E-state index in [1.165, 1.54) is 30.6 Å². The number of nitrogens with zero attached hydrogens (tertiary/aromatic N) is 2. The average Bonchev–Trinajstić information content (AvgIpc) is 2.76. The Bertz CT molecular complexity index is 759. The van der Waals surface area contributed by atoms with Gasteiger partial charge in [0.25, 0.3) is 0 Å². The molecule has 23 heavy (non-hydrogen) atoms. The molecule has 1 amide bonds. The second-order valence-corrected chi connectivity index (χ2v) is 6.66. The van der Waals surface area contributed by atoms with E-state index in [1.807, 2.05) is 12.1 Å². The Hall–Kier alpha value is -2.10. The van der Waals surface area contributed by atoms with Crippen molar-refractivity contribution in [2.24, 2.45) is 5.92 Å². The molecular formula is C19H23N3O. The largest absolute Gasteiger partial charge is 0.328 e. The van der Waals surface area contributed by atoms with Crippen molar-refractivity contribution in [2.75, 3.05) is 5.32 Å². The Labute approximate surface area is 136 Å². The summed E-state index contributed by atoms with van der Waals surface area (Å²) in [6.07, 6.45) is 11.9. The van der Waals surface area contributed by atoms with Gasteiger partial charge >= 0.3 is 0 Å². The fourth-order valence-electron chi connectivity index (χ4n) is 3.70. The maximum absolute atomic E-state index is 12.4. The number of benzene rings is 1. The maximum atomic E-state index is 12.4. The number of amides is 1. The van der Waals surface area contributed by atoms with Crippen molar-refractivity contribution in [3.05, 3.63) is 36.2 Å². The van der Waals surface area contributed by atoms with Crippen LogP contribution in [0, 0.1) is 5.92 Å². The van der Waals surface area contributed by atoms with E-state index in [9.17, 15) is 4.79 Å². The molecule has 0 saturated heterocycles. The molecule has 1 aromatic heterocycles. The number of nitrogens with one attached hydrogen (secondary N) is 1. The SMILES string of the molecule is O=C(Nc1ccc2c(c1)nc1n2CCCCC1)C1CC=CCC1. The smallest absolute Gasteiger partial charge is 0.227 e. The molecule has 1 aliphatic carbocycles. The lowest BCUT2D eigenvalue weighted by atomic mass is 9.93. The lowest BCUT2D eigenvalue weighted by Gasteiger charge is -2.17. The van der Waals surface area contributed by atoms with Gasteiger partial charge in [0.15, 0.2) is 0 Å². The van der Waals surface area contributed by atoms with Gasteiger partial charge in [-0.1, -0.05) is 18.6 Å². The first-order valence-corrected chi connectivity index (χ1v) is 8.76. The second kappa shape index (κ2) is 6.19. The molecule has 0 bridgehead atoms. The van der Waals surface area contributed by atoms with Crippen LogP contribution in [0.1, 0.15) is 44.3 Å². The van der Waals surface area contributed by atoms with Crippen molar-refractivity contribution in [3.8, 4) is 0 Å². The highest BCUT2D eigenvalue weighted by atomic mass is 16.1. The Morgan fingerprint density at radius 1 is 1.22 bits per heavy atom. The van der Waals surface area contributed by atoms with Crippen molar-refractivity contribution in [3.63, 3.8) is 0 Å². The second-order valence-electron chi connectivity index (χ2n) is 6.66. The Kier molecular flexibility index (Phi) is 3.90. The number of aromatic nitrogens is 2. The van der Waals surface area contributed by atoms with Gasteiger partial charge in [-0.05, 0) is 50.3 Å². The third kappa shape index (κ3) is 2.90. The lowest BCUT2D eigenvalue weighted by molar-refractivity contribution is -0.120. The molecule has 0 spiro atoms. The molecule has 2 aromatic rings. The zero-order valence-electron chi connectivity index (χ0n) is 13.4. The van der Waals surface area contributed by atoms with Crippen LogP contribution in [0.2, 0.25) is 0 Å². The summed E-state index contributed by atoms with van der Waals surface area (Å²) in [5.41, 5.74) is 3.06. The number of hydrogen-bond donors (Lipinski definition) is 1. The van der Waals surface area contributed by atoms with E-state index in [4.69, 9.17) is 4.98 Å². The zero-order chi connectivity index (χ0) is 15.6. The fourth-order valence-corrected chi connectivity index (χ4v) is 3.70. The van der Waals surface area contributed by atoms with Crippen LogP contribution in [-0.2, 0) is 17.8 Å². The molecule has 2 heterocycles. The Balaban J connectivity index is 1.57. The van der Waals surface area contributed by atoms with Gasteiger partial charge in [-0.2, -0.15) is 0 Å². The number of carbonyl (C=O) groups is 1. The monoisotopic (exact) mass is 309 g/mol. The number of rotatable bonds is 2. The predicted octanol–water partition coefficient (Wildman–Crippen LogP) is 4.06. The molecule has 2 aliphatic rings. The first kappa shape index (κ1) is 14.5. The molecular weight excluding hydrogens is 286 g/mol. The number of carbonyl (C=O) groups excluding carboxylic acids is 1. The summed E-state index contributed by atoms with van der Waals surface area (Å²) in [6, 6.07) is 6.14. The van der Waals surface area contributed by atoms with Gasteiger partial charge in [-0.3, -0.25) is 4.79 Å². The van der Waals surface area contributed by atoms with E-state index in [1.54, 1.807) is 0 Å². The van der Waals surface area contributed by atoms with Crippen LogP contribution in [0.4, 0.5) is 5.69 Å². The molecule has 4 heteroatoms. The van der Waals surface area contributed by atoms with E-state index in [0.717, 1.165) is 43.4 Å². The van der Waals surface area contributed by atoms with Gasteiger partial charge in [0.05, 0.1) is 11.0 Å². The average molecular weight is 309 g/mol. The fraction of sp³-hybridized carbons (Fsp3) is 0.474. The lowest BCUT2D eigenvalue weighted by Crippen LogP contribution is -2.23. The molecule has 1 atom stereocenters. The quantitative estimate of drug-likeness (QED) is 0.850. The Morgan fingerprint density at radius 2 is 2.17 bits per heavy atom. The summed E-state index contributed by atoms with van der Waals surface area (Å²) in [7, 11) is 0. The highest BCUT2D eigenvalue weighted by Crippen LogP contribution is 2.25. The third-order valence-corrected chi connectivity index (χ3v) is 5.02. The standard InChI is InChI=1S/C19H23N3O/c23-19(14-7-3-1-4-8-14)20-15-10-11-17-16(13-15)21-18-9-5-2-6-12-22(17)18/h1,3,10-11,13-14H,2,4-9,12H2,(H,20,23). The molecule has 4 rings (SSSR count). The molecule has 120 valence electrons. The minimum atomic E-state index is 0.106. The summed E-state index contributed by atoms with van der Waals surface area (Å²) in [5, 5.41) is 3.07. The topological polar surface area (TPSA) is 46.9 Å². The van der Waals surface area contributed by atoms with Gasteiger partial charge in [-0.25, -0.2) is 4.98 Å². The molecule has 0 fully saturated rings. The van der Waals surface area contributed by atoms with E-state index < -0.39 is 0 Å². The molecule has 1 N–H and O–H groups in total. The molecule has 0 radical (unpaired) electrons. The van der Waals surface area contributed by atoms with Gasteiger partial charge < -0.3 is 9.88 Å². The van der Waals surface area contributed by atoms with E-state index in [0.29, 0.717) is 0 Å². The van der Waals surface area contributed by atoms with Gasteiger partial charge in [0.1, 0.15) is 5.82 Å². The van der Waals surface area contributed by atoms with Crippen LogP contribution >= 0.6 is 0 Å². The van der Waals surface area contributed by atoms with Crippen LogP contribution in [0.5, 0.6) is 0 Å². The van der Waals surface area contributed by atoms with Crippen molar-refractivity contribution in [1.29, 1.82) is 0 Å². The third-order valence-electron chi connectivity index (χ3n) is 5.02. The summed E-state index contributed by atoms with van der Waals surface area (Å²) < 4.78 is 2.35. The van der Waals surface area contributed by atoms with Crippen LogP contribution in [0.25, 0.3) is 11.0 Å². The summed E-state index contributed by atoms with van der Waals surface area (Å²) in [5.74, 6) is 1.43. The van der Waals surface area contributed by atoms with Gasteiger partial charge in [0.2, 0.25) is 5.91 Å². The number of anilines is 1. The number of hydrogen-bond acceptors (Lipinski definition) is 2. The number of fused-ring (bicyclic) bond motifs is 3. The van der Waals surface area contributed by atoms with E-state index >= 15 is 0 Å². The van der Waals surface area contributed by atoms with Crippen LogP contribution < -0.4 is 5.32 Å². The molecule has 4 nitrogen and oxygen atoms in total. The van der Waals surface area contributed by atoms with Crippen molar-refractivity contribution in [1.82, 2.24) is 9.55 Å². The van der Waals surface area contributed by atoms with Gasteiger partial charge in [-0.15, -0.1) is 0 Å². The Morgan fingerprint density at radius 3 is 3.04 bits per heavy atom. The molecule has 1 unspecified atom stereocenters. The normalized spacial score (nSPS) is 21.0. The van der Waals surface area contributed by atoms with Gasteiger partial charge in [0, 0.05) is 24.6 Å². The van der Waals surface area contributed by atoms with E-state index in [-0.39, 0.29) is 11.8 Å². The van der Waals surface area contributed by atoms with E-state index in [2.05, 4.69) is 28.1 Å². The van der Waals surface area contributed by atoms with Crippen molar-refractivity contribution < 1.29 is 4.79 Å². The van der Waals surface area contributed by atoms with Crippen LogP contribution in [0.15, 0.2) is 30.4 Å². The van der Waals surface area contributed by atoms with Crippen molar-refractivity contribution >= 4 is 22.6 Å². The first-order valence-electron chi connectivity index (χ1n) is 8.76. The maximum Gasteiger partial charge on any atom is 0.227 e. The number of imidazole rings is 1. The summed E-state index contributed by atoms with van der Waals surface area (Å²) in [6.45, 7) is 1.06. The number of allylic oxidation sites excluding steroid dienone is 2. The highest BCUT2D eigenvalue weighted by molar-refractivity contribution is 5.94. The van der Waals surface area contributed by atoms with Crippen LogP contribution in [-0.4, -0.2) is 15.5 Å². The molecule has 1 aromatic carbocycles. The summed E-state index contributed by atoms with van der Waals surface area (Å²) >= 11 is 0. The summed E-state index contributed by atoms with van der Waals surface area (Å²) in [4.78, 5) is 17.2. The highest BCUT2D eigenvalue weighted by Gasteiger charge is 2.19. The zero-order valence-corrected chi connectivity index (χ0v) is 13.4. The molecule has 0 saturated carbocycles. The predicted molar refractivity (Wildman–Crippen MR) is 92.4 cm³/mol.